The molecule has 0 aromatic heterocycles. The molecule has 0 unspecified atom stereocenters. The van der Waals surface area contributed by atoms with Crippen LogP contribution in [0.15, 0.2) is 23.2 Å². The van der Waals surface area contributed by atoms with Gasteiger partial charge in [-0.05, 0) is 55.7 Å². The molecule has 1 aromatic rings. The third-order valence-electron chi connectivity index (χ3n) is 5.21. The van der Waals surface area contributed by atoms with E-state index in [-0.39, 0.29) is 23.5 Å². The number of rotatable bonds is 13. The van der Waals surface area contributed by atoms with E-state index in [1.807, 2.05) is 13.0 Å². The molecule has 0 spiro atoms. The molecule has 0 fully saturated rings. The molecule has 0 radical (unpaired) electrons. The number of guanidine groups is 1. The SMILES string of the molecule is CCNC(=NCC(CC)(CC)CCO)NCCc1ccc(OC)c(OC(F)F)c1. The van der Waals surface area contributed by atoms with E-state index in [0.29, 0.717) is 25.5 Å². The van der Waals surface area contributed by atoms with Crippen LogP contribution in [-0.4, -0.2) is 51.0 Å². The highest BCUT2D eigenvalue weighted by Gasteiger charge is 2.25. The molecule has 166 valence electrons. The van der Waals surface area contributed by atoms with Gasteiger partial charge in [0.25, 0.3) is 0 Å². The van der Waals surface area contributed by atoms with Crippen LogP contribution in [-0.2, 0) is 6.42 Å². The maximum absolute atomic E-state index is 12.6. The molecule has 0 atom stereocenters. The number of methoxy groups -OCH3 is 1. The molecule has 6 nitrogen and oxygen atoms in total. The van der Waals surface area contributed by atoms with Gasteiger partial charge in [-0.15, -0.1) is 0 Å². The largest absolute Gasteiger partial charge is 0.493 e. The Hall–Kier alpha value is -2.09. The van der Waals surface area contributed by atoms with Gasteiger partial charge in [-0.2, -0.15) is 8.78 Å². The summed E-state index contributed by atoms with van der Waals surface area (Å²) in [5.41, 5.74) is 0.843. The summed E-state index contributed by atoms with van der Waals surface area (Å²) in [5.74, 6) is 1.01. The van der Waals surface area contributed by atoms with Crippen molar-refractivity contribution in [1.29, 1.82) is 0 Å². The first-order valence-electron chi connectivity index (χ1n) is 10.2. The number of nitrogens with one attached hydrogen (secondary N) is 2. The Morgan fingerprint density at radius 2 is 1.90 bits per heavy atom. The minimum absolute atomic E-state index is 0.00536. The second-order valence-corrected chi connectivity index (χ2v) is 6.92. The summed E-state index contributed by atoms with van der Waals surface area (Å²) in [7, 11) is 1.41. The van der Waals surface area contributed by atoms with E-state index in [1.54, 1.807) is 12.1 Å². The number of nitrogens with zero attached hydrogens (tertiary/aromatic N) is 1. The van der Waals surface area contributed by atoms with Crippen LogP contribution in [0, 0.1) is 5.41 Å². The second kappa shape index (κ2) is 13.2. The maximum Gasteiger partial charge on any atom is 0.387 e. The Labute approximate surface area is 172 Å². The van der Waals surface area contributed by atoms with Gasteiger partial charge in [0.05, 0.1) is 7.11 Å². The molecule has 0 aliphatic heterocycles. The number of aliphatic hydroxyl groups excluding tert-OH is 1. The van der Waals surface area contributed by atoms with Crippen LogP contribution >= 0.6 is 0 Å². The van der Waals surface area contributed by atoms with Crippen molar-refractivity contribution in [3.8, 4) is 11.5 Å². The average Bonchev–Trinajstić information content (AvgIpc) is 2.71. The predicted molar refractivity (Wildman–Crippen MR) is 112 cm³/mol. The summed E-state index contributed by atoms with van der Waals surface area (Å²) >= 11 is 0. The lowest BCUT2D eigenvalue weighted by Gasteiger charge is -2.29. The molecule has 8 heteroatoms. The van der Waals surface area contributed by atoms with Gasteiger partial charge < -0.3 is 25.2 Å². The molecule has 1 rings (SSSR count). The monoisotopic (exact) mass is 415 g/mol. The predicted octanol–water partition coefficient (Wildman–Crippen LogP) is 3.58. The average molecular weight is 416 g/mol. The number of benzene rings is 1. The summed E-state index contributed by atoms with van der Waals surface area (Å²) in [5, 5.41) is 15.9. The molecule has 0 saturated heterocycles. The van der Waals surface area contributed by atoms with Gasteiger partial charge in [-0.1, -0.05) is 19.9 Å². The van der Waals surface area contributed by atoms with Gasteiger partial charge in [-0.3, -0.25) is 4.99 Å². The lowest BCUT2D eigenvalue weighted by molar-refractivity contribution is -0.0512. The first-order chi connectivity index (χ1) is 13.9. The quantitative estimate of drug-likeness (QED) is 0.339. The fraction of sp³-hybridized carbons (Fsp3) is 0.667. The topological polar surface area (TPSA) is 75.1 Å². The Bertz CT molecular complexity index is 623. The fourth-order valence-electron chi connectivity index (χ4n) is 3.12. The highest BCUT2D eigenvalue weighted by atomic mass is 19.3. The lowest BCUT2D eigenvalue weighted by Crippen LogP contribution is -2.39. The van der Waals surface area contributed by atoms with Gasteiger partial charge in [0.1, 0.15) is 0 Å². The first-order valence-corrected chi connectivity index (χ1v) is 10.2. The van der Waals surface area contributed by atoms with Gasteiger partial charge >= 0.3 is 6.61 Å². The summed E-state index contributed by atoms with van der Waals surface area (Å²) in [4.78, 5) is 4.70. The minimum atomic E-state index is -2.90. The van der Waals surface area contributed by atoms with Crippen molar-refractivity contribution in [1.82, 2.24) is 10.6 Å². The zero-order valence-electron chi connectivity index (χ0n) is 17.9. The molecular weight excluding hydrogens is 380 g/mol. The van der Waals surface area contributed by atoms with Gasteiger partial charge in [0.2, 0.25) is 0 Å². The molecule has 0 saturated carbocycles. The van der Waals surface area contributed by atoms with Crippen molar-refractivity contribution in [2.24, 2.45) is 10.4 Å². The smallest absolute Gasteiger partial charge is 0.387 e. The normalized spacial score (nSPS) is 12.2. The third kappa shape index (κ3) is 8.43. The Balaban J connectivity index is 2.75. The van der Waals surface area contributed by atoms with Crippen LogP contribution < -0.4 is 20.1 Å². The van der Waals surface area contributed by atoms with Crippen molar-refractivity contribution < 1.29 is 23.4 Å². The third-order valence-corrected chi connectivity index (χ3v) is 5.21. The Morgan fingerprint density at radius 1 is 1.17 bits per heavy atom. The van der Waals surface area contributed by atoms with Crippen LogP contribution in [0.3, 0.4) is 0 Å². The van der Waals surface area contributed by atoms with Crippen molar-refractivity contribution >= 4 is 5.96 Å². The molecule has 0 bridgehead atoms. The maximum atomic E-state index is 12.6. The molecule has 0 aliphatic rings. The van der Waals surface area contributed by atoms with Gasteiger partial charge in [0, 0.05) is 26.2 Å². The molecule has 0 amide bonds. The fourth-order valence-corrected chi connectivity index (χ4v) is 3.12. The standard InChI is InChI=1S/C21H35F2N3O3/c1-5-21(6-2,11-13-27)15-26-20(24-7-3)25-12-10-16-8-9-17(28-4)18(14-16)29-19(22)23/h8-9,14,19,27H,5-7,10-13,15H2,1-4H3,(H2,24,25,26). The number of aliphatic hydroxyl groups is 1. The van der Waals surface area contributed by atoms with E-state index in [4.69, 9.17) is 9.73 Å². The van der Waals surface area contributed by atoms with E-state index in [0.717, 1.165) is 31.4 Å². The van der Waals surface area contributed by atoms with Crippen LogP contribution in [0.2, 0.25) is 0 Å². The molecule has 3 N–H and O–H groups in total. The summed E-state index contributed by atoms with van der Waals surface area (Å²) in [6.07, 6.45) is 3.23. The van der Waals surface area contributed by atoms with Gasteiger partial charge in [-0.25, -0.2) is 0 Å². The Kier molecular flexibility index (Phi) is 11.3. The van der Waals surface area contributed by atoms with Crippen LogP contribution in [0.5, 0.6) is 11.5 Å². The van der Waals surface area contributed by atoms with E-state index in [1.165, 1.54) is 7.11 Å². The summed E-state index contributed by atoms with van der Waals surface area (Å²) in [6.45, 7) is 5.43. The van der Waals surface area contributed by atoms with Gasteiger partial charge in [0.15, 0.2) is 17.5 Å². The van der Waals surface area contributed by atoms with Crippen molar-refractivity contribution in [2.45, 2.75) is 53.1 Å². The highest BCUT2D eigenvalue weighted by molar-refractivity contribution is 5.79. The van der Waals surface area contributed by atoms with E-state index >= 15 is 0 Å². The number of aliphatic imine (C=N–C) groups is 1. The van der Waals surface area contributed by atoms with Crippen molar-refractivity contribution in [3.05, 3.63) is 23.8 Å². The van der Waals surface area contributed by atoms with Crippen LogP contribution in [0.25, 0.3) is 0 Å². The van der Waals surface area contributed by atoms with Crippen LogP contribution in [0.4, 0.5) is 8.78 Å². The highest BCUT2D eigenvalue weighted by Crippen LogP contribution is 2.31. The number of alkyl halides is 2. The van der Waals surface area contributed by atoms with E-state index in [9.17, 15) is 13.9 Å². The molecular formula is C21H35F2N3O3. The lowest BCUT2D eigenvalue weighted by atomic mass is 9.79. The van der Waals surface area contributed by atoms with E-state index < -0.39 is 6.61 Å². The van der Waals surface area contributed by atoms with Crippen molar-refractivity contribution in [2.75, 3.05) is 33.4 Å². The van der Waals surface area contributed by atoms with Crippen LogP contribution in [0.1, 0.15) is 45.6 Å². The molecule has 1 aromatic carbocycles. The first kappa shape index (κ1) is 24.9. The van der Waals surface area contributed by atoms with E-state index in [2.05, 4.69) is 29.2 Å². The number of hydrogen-bond acceptors (Lipinski definition) is 4. The zero-order chi connectivity index (χ0) is 21.7. The number of halogens is 2. The van der Waals surface area contributed by atoms with Crippen molar-refractivity contribution in [3.63, 3.8) is 0 Å². The second-order valence-electron chi connectivity index (χ2n) is 6.92. The molecule has 0 heterocycles. The minimum Gasteiger partial charge on any atom is -0.493 e. The summed E-state index contributed by atoms with van der Waals surface area (Å²) < 4.78 is 34.7. The molecule has 0 aliphatic carbocycles. The number of hydrogen-bond donors (Lipinski definition) is 3. The Morgan fingerprint density at radius 3 is 2.45 bits per heavy atom. The zero-order valence-corrected chi connectivity index (χ0v) is 17.9. The number of ether oxygens (including phenoxy) is 2. The summed E-state index contributed by atoms with van der Waals surface area (Å²) in [6, 6.07) is 5.01. The molecule has 29 heavy (non-hydrogen) atoms.